The second-order valence-corrected chi connectivity index (χ2v) is 5.03. The van der Waals surface area contributed by atoms with Crippen molar-refractivity contribution in [3.63, 3.8) is 0 Å². The van der Waals surface area contributed by atoms with E-state index in [2.05, 4.69) is 15.9 Å². The third-order valence-electron chi connectivity index (χ3n) is 3.01. The standard InChI is InChI=1S/C12H14BrNO3/c1-8(15)7-9-3-2-5-14(9)12(16)10-4-6-17-11(10)13/h4,6,9H,2-3,5,7H2,1H3. The Balaban J connectivity index is 2.14. The summed E-state index contributed by atoms with van der Waals surface area (Å²) in [6, 6.07) is 1.69. The van der Waals surface area contributed by atoms with Crippen LogP contribution in [0.1, 0.15) is 36.5 Å². The van der Waals surface area contributed by atoms with Gasteiger partial charge in [0.15, 0.2) is 4.67 Å². The van der Waals surface area contributed by atoms with E-state index in [-0.39, 0.29) is 17.7 Å². The predicted molar refractivity (Wildman–Crippen MR) is 65.8 cm³/mol. The summed E-state index contributed by atoms with van der Waals surface area (Å²) in [6.45, 7) is 2.28. The summed E-state index contributed by atoms with van der Waals surface area (Å²) in [5.74, 6) is 0.0651. The smallest absolute Gasteiger partial charge is 0.258 e. The van der Waals surface area contributed by atoms with Gasteiger partial charge in [-0.25, -0.2) is 0 Å². The third-order valence-corrected chi connectivity index (χ3v) is 3.62. The molecule has 0 saturated carbocycles. The van der Waals surface area contributed by atoms with Crippen LogP contribution >= 0.6 is 15.9 Å². The second-order valence-electron chi connectivity index (χ2n) is 4.31. The van der Waals surface area contributed by atoms with Crippen LogP contribution in [0.15, 0.2) is 21.4 Å². The Labute approximate surface area is 108 Å². The molecule has 0 spiro atoms. The molecular formula is C12H14BrNO3. The van der Waals surface area contributed by atoms with Crippen LogP contribution in [0, 0.1) is 0 Å². The van der Waals surface area contributed by atoms with E-state index in [1.165, 1.54) is 6.26 Å². The molecule has 1 saturated heterocycles. The highest BCUT2D eigenvalue weighted by Gasteiger charge is 2.31. The van der Waals surface area contributed by atoms with E-state index < -0.39 is 0 Å². The van der Waals surface area contributed by atoms with E-state index in [1.807, 2.05) is 0 Å². The van der Waals surface area contributed by atoms with Crippen molar-refractivity contribution in [2.75, 3.05) is 6.54 Å². The van der Waals surface area contributed by atoms with Gasteiger partial charge in [0.25, 0.3) is 5.91 Å². The minimum absolute atomic E-state index is 0.0433. The molecule has 1 unspecified atom stereocenters. The van der Waals surface area contributed by atoms with Crippen LogP contribution in [0.4, 0.5) is 0 Å². The van der Waals surface area contributed by atoms with E-state index in [1.54, 1.807) is 17.9 Å². The zero-order valence-corrected chi connectivity index (χ0v) is 11.2. The number of likely N-dealkylation sites (tertiary alicyclic amines) is 1. The SMILES string of the molecule is CC(=O)CC1CCCN1C(=O)c1ccoc1Br. The molecule has 1 amide bonds. The molecule has 1 aliphatic rings. The number of halogens is 1. The first-order valence-corrected chi connectivity index (χ1v) is 6.42. The number of hydrogen-bond donors (Lipinski definition) is 0. The lowest BCUT2D eigenvalue weighted by molar-refractivity contribution is -0.117. The molecule has 17 heavy (non-hydrogen) atoms. The van der Waals surface area contributed by atoms with E-state index in [9.17, 15) is 9.59 Å². The van der Waals surface area contributed by atoms with Gasteiger partial charge in [0, 0.05) is 19.0 Å². The monoisotopic (exact) mass is 299 g/mol. The summed E-state index contributed by atoms with van der Waals surface area (Å²) >= 11 is 3.20. The van der Waals surface area contributed by atoms with Crippen LogP contribution in [0.3, 0.4) is 0 Å². The number of Topliss-reactive ketones (excluding diaryl/α,β-unsaturated/α-hetero) is 1. The number of furan rings is 1. The highest BCUT2D eigenvalue weighted by atomic mass is 79.9. The van der Waals surface area contributed by atoms with Gasteiger partial charge in [-0.1, -0.05) is 0 Å². The number of carbonyl (C=O) groups is 2. The van der Waals surface area contributed by atoms with Gasteiger partial charge in [-0.3, -0.25) is 9.59 Å². The number of hydrogen-bond acceptors (Lipinski definition) is 3. The average molecular weight is 300 g/mol. The Kier molecular flexibility index (Phi) is 3.66. The quantitative estimate of drug-likeness (QED) is 0.862. The Morgan fingerprint density at radius 2 is 2.35 bits per heavy atom. The first kappa shape index (κ1) is 12.4. The topological polar surface area (TPSA) is 50.5 Å². The fourth-order valence-electron chi connectivity index (χ4n) is 2.25. The second kappa shape index (κ2) is 5.04. The van der Waals surface area contributed by atoms with Crippen LogP contribution in [-0.2, 0) is 4.79 Å². The van der Waals surface area contributed by atoms with Crippen molar-refractivity contribution in [1.29, 1.82) is 0 Å². The van der Waals surface area contributed by atoms with Gasteiger partial charge in [-0.2, -0.15) is 0 Å². The van der Waals surface area contributed by atoms with Crippen LogP contribution in [0.2, 0.25) is 0 Å². The molecule has 1 aromatic heterocycles. The molecule has 4 nitrogen and oxygen atoms in total. The lowest BCUT2D eigenvalue weighted by atomic mass is 10.1. The largest absolute Gasteiger partial charge is 0.457 e. The highest BCUT2D eigenvalue weighted by molar-refractivity contribution is 9.10. The van der Waals surface area contributed by atoms with Crippen molar-refractivity contribution in [2.24, 2.45) is 0 Å². The van der Waals surface area contributed by atoms with Gasteiger partial charge in [0.05, 0.1) is 11.8 Å². The lowest BCUT2D eigenvalue weighted by Crippen LogP contribution is -2.36. The third kappa shape index (κ3) is 2.60. The molecule has 2 heterocycles. The van der Waals surface area contributed by atoms with Crippen LogP contribution in [0.5, 0.6) is 0 Å². The molecule has 1 atom stereocenters. The van der Waals surface area contributed by atoms with Crippen molar-refractivity contribution in [3.05, 3.63) is 22.6 Å². The molecule has 1 aromatic rings. The van der Waals surface area contributed by atoms with Crippen molar-refractivity contribution in [2.45, 2.75) is 32.2 Å². The number of amides is 1. The molecule has 5 heteroatoms. The van der Waals surface area contributed by atoms with Gasteiger partial charge in [0.2, 0.25) is 0 Å². The van der Waals surface area contributed by atoms with Gasteiger partial charge >= 0.3 is 0 Å². The number of carbonyl (C=O) groups excluding carboxylic acids is 2. The molecule has 0 aliphatic carbocycles. The molecular weight excluding hydrogens is 286 g/mol. The molecule has 0 aromatic carbocycles. The fraction of sp³-hybridized carbons (Fsp3) is 0.500. The first-order chi connectivity index (χ1) is 8.09. The van der Waals surface area contributed by atoms with Crippen LogP contribution in [-0.4, -0.2) is 29.2 Å². The van der Waals surface area contributed by atoms with Crippen LogP contribution < -0.4 is 0 Å². The van der Waals surface area contributed by atoms with Crippen LogP contribution in [0.25, 0.3) is 0 Å². The molecule has 0 bridgehead atoms. The van der Waals surface area contributed by atoms with E-state index in [4.69, 9.17) is 4.42 Å². The molecule has 1 aliphatic heterocycles. The summed E-state index contributed by atoms with van der Waals surface area (Å²) in [4.78, 5) is 25.2. The van der Waals surface area contributed by atoms with E-state index in [0.717, 1.165) is 12.8 Å². The fourth-order valence-corrected chi connectivity index (χ4v) is 2.66. The maximum absolute atomic E-state index is 12.2. The first-order valence-electron chi connectivity index (χ1n) is 5.63. The summed E-state index contributed by atoms with van der Waals surface area (Å²) in [5, 5.41) is 0. The summed E-state index contributed by atoms with van der Waals surface area (Å²) in [7, 11) is 0. The van der Waals surface area contributed by atoms with Crippen molar-refractivity contribution in [1.82, 2.24) is 4.90 Å². The average Bonchev–Trinajstić information content (AvgIpc) is 2.85. The van der Waals surface area contributed by atoms with E-state index >= 15 is 0 Å². The minimum Gasteiger partial charge on any atom is -0.457 e. The highest BCUT2D eigenvalue weighted by Crippen LogP contribution is 2.26. The Morgan fingerprint density at radius 1 is 1.59 bits per heavy atom. The Morgan fingerprint density at radius 3 is 2.94 bits per heavy atom. The van der Waals surface area contributed by atoms with Crippen molar-refractivity contribution < 1.29 is 14.0 Å². The predicted octanol–water partition coefficient (Wildman–Crippen LogP) is 2.63. The maximum atomic E-state index is 12.2. The number of ketones is 1. The summed E-state index contributed by atoms with van der Waals surface area (Å²) in [6.07, 6.45) is 3.79. The van der Waals surface area contributed by atoms with Crippen molar-refractivity contribution in [3.8, 4) is 0 Å². The summed E-state index contributed by atoms with van der Waals surface area (Å²) < 4.78 is 5.52. The van der Waals surface area contributed by atoms with Gasteiger partial charge in [-0.15, -0.1) is 0 Å². The maximum Gasteiger partial charge on any atom is 0.258 e. The normalized spacial score (nSPS) is 19.6. The minimum atomic E-state index is -0.0608. The van der Waals surface area contributed by atoms with Crippen molar-refractivity contribution >= 4 is 27.6 Å². The molecule has 0 N–H and O–H groups in total. The molecule has 2 rings (SSSR count). The van der Waals surface area contributed by atoms with Gasteiger partial charge in [0.1, 0.15) is 5.78 Å². The Bertz CT molecular complexity index is 441. The van der Waals surface area contributed by atoms with Gasteiger partial charge in [-0.05, 0) is 41.8 Å². The zero-order valence-electron chi connectivity index (χ0n) is 9.61. The van der Waals surface area contributed by atoms with E-state index in [0.29, 0.717) is 23.2 Å². The zero-order chi connectivity index (χ0) is 12.4. The molecule has 92 valence electrons. The Hall–Kier alpha value is -1.10. The molecule has 0 radical (unpaired) electrons. The summed E-state index contributed by atoms with van der Waals surface area (Å²) in [5.41, 5.74) is 0.528. The van der Waals surface area contributed by atoms with Gasteiger partial charge < -0.3 is 9.32 Å². The number of nitrogens with zero attached hydrogens (tertiary/aromatic N) is 1. The molecule has 1 fully saturated rings. The number of rotatable bonds is 3. The lowest BCUT2D eigenvalue weighted by Gasteiger charge is -2.23.